The lowest BCUT2D eigenvalue weighted by Crippen LogP contribution is -2.42. The maximum atomic E-state index is 5.77. The Balaban J connectivity index is 1.81. The largest absolute Gasteiger partial charge is 0.371 e. The predicted octanol–water partition coefficient (Wildman–Crippen LogP) is 1.25. The number of morpholine rings is 1. The van der Waals surface area contributed by atoms with E-state index in [-0.39, 0.29) is 0 Å². The Kier molecular flexibility index (Phi) is 1.91. The van der Waals surface area contributed by atoms with Crippen molar-refractivity contribution in [2.75, 3.05) is 18.0 Å². The minimum Gasteiger partial charge on any atom is -0.371 e. The second kappa shape index (κ2) is 3.24. The minimum atomic E-state index is 0.427. The summed E-state index contributed by atoms with van der Waals surface area (Å²) in [5.74, 6) is 1.03. The Morgan fingerprint density at radius 1 is 1.36 bits per heavy atom. The molecule has 3 rings (SSSR count). The van der Waals surface area contributed by atoms with E-state index in [1.165, 1.54) is 12.8 Å². The van der Waals surface area contributed by atoms with Gasteiger partial charge in [-0.1, -0.05) is 0 Å². The summed E-state index contributed by atoms with van der Waals surface area (Å²) in [5, 5.41) is 0. The fourth-order valence-corrected chi connectivity index (χ4v) is 2.29. The SMILES string of the molecule is [c]1ccnc(N2CC3CCC(C2)O3)c1. The van der Waals surface area contributed by atoms with Gasteiger partial charge in [-0.05, 0) is 31.0 Å². The van der Waals surface area contributed by atoms with Gasteiger partial charge in [0.2, 0.25) is 0 Å². The fraction of sp³-hybridized carbons (Fsp3) is 0.545. The lowest BCUT2D eigenvalue weighted by molar-refractivity contribution is 0.0302. The van der Waals surface area contributed by atoms with Gasteiger partial charge in [-0.15, -0.1) is 0 Å². The number of fused-ring (bicyclic) bond motifs is 2. The van der Waals surface area contributed by atoms with Crippen LogP contribution in [0.1, 0.15) is 12.8 Å². The molecule has 3 heteroatoms. The van der Waals surface area contributed by atoms with E-state index in [1.807, 2.05) is 12.1 Å². The van der Waals surface area contributed by atoms with Gasteiger partial charge >= 0.3 is 0 Å². The van der Waals surface area contributed by atoms with Crippen molar-refractivity contribution in [2.45, 2.75) is 25.0 Å². The summed E-state index contributed by atoms with van der Waals surface area (Å²) in [6, 6.07) is 6.84. The summed E-state index contributed by atoms with van der Waals surface area (Å²) in [4.78, 5) is 6.65. The van der Waals surface area contributed by atoms with Gasteiger partial charge in [0.15, 0.2) is 0 Å². The van der Waals surface area contributed by atoms with Gasteiger partial charge in [0.05, 0.1) is 12.2 Å². The van der Waals surface area contributed by atoms with E-state index in [0.29, 0.717) is 12.2 Å². The van der Waals surface area contributed by atoms with E-state index in [2.05, 4.69) is 16.0 Å². The number of hydrogen-bond acceptors (Lipinski definition) is 3. The smallest absolute Gasteiger partial charge is 0.129 e. The summed E-state index contributed by atoms with van der Waals surface area (Å²) < 4.78 is 5.77. The van der Waals surface area contributed by atoms with Crippen molar-refractivity contribution in [1.29, 1.82) is 0 Å². The van der Waals surface area contributed by atoms with E-state index in [9.17, 15) is 0 Å². The molecule has 0 saturated carbocycles. The van der Waals surface area contributed by atoms with Crippen LogP contribution < -0.4 is 4.90 Å². The molecule has 2 aliphatic heterocycles. The Bertz CT molecular complexity index is 302. The van der Waals surface area contributed by atoms with Crippen LogP contribution in [0.3, 0.4) is 0 Å². The van der Waals surface area contributed by atoms with Gasteiger partial charge in [-0.2, -0.15) is 0 Å². The summed E-state index contributed by atoms with van der Waals surface area (Å²) in [6.07, 6.45) is 5.06. The van der Waals surface area contributed by atoms with E-state index in [1.54, 1.807) is 6.20 Å². The third-order valence-electron chi connectivity index (χ3n) is 2.96. The van der Waals surface area contributed by atoms with Gasteiger partial charge in [0.25, 0.3) is 0 Å². The summed E-state index contributed by atoms with van der Waals surface area (Å²) >= 11 is 0. The average molecular weight is 189 g/mol. The number of rotatable bonds is 1. The summed E-state index contributed by atoms with van der Waals surface area (Å²) in [7, 11) is 0. The molecule has 1 aromatic rings. The van der Waals surface area contributed by atoms with E-state index in [4.69, 9.17) is 4.74 Å². The number of ether oxygens (including phenoxy) is 1. The number of anilines is 1. The molecule has 2 atom stereocenters. The molecule has 2 bridgehead atoms. The first-order chi connectivity index (χ1) is 6.92. The van der Waals surface area contributed by atoms with Crippen LogP contribution in [-0.4, -0.2) is 30.3 Å². The van der Waals surface area contributed by atoms with Gasteiger partial charge in [-0.25, -0.2) is 4.98 Å². The monoisotopic (exact) mass is 189 g/mol. The lowest BCUT2D eigenvalue weighted by atomic mass is 10.2. The van der Waals surface area contributed by atoms with Gasteiger partial charge in [0, 0.05) is 19.3 Å². The molecule has 2 fully saturated rings. The highest BCUT2D eigenvalue weighted by molar-refractivity contribution is 5.38. The zero-order chi connectivity index (χ0) is 9.38. The van der Waals surface area contributed by atoms with E-state index >= 15 is 0 Å². The van der Waals surface area contributed by atoms with Crippen molar-refractivity contribution in [1.82, 2.24) is 4.98 Å². The van der Waals surface area contributed by atoms with Crippen LogP contribution in [0.25, 0.3) is 0 Å². The lowest BCUT2D eigenvalue weighted by Gasteiger charge is -2.32. The molecule has 0 aliphatic carbocycles. The second-order valence-electron chi connectivity index (χ2n) is 3.98. The first kappa shape index (κ1) is 8.24. The highest BCUT2D eigenvalue weighted by Gasteiger charge is 2.33. The van der Waals surface area contributed by atoms with E-state index < -0.39 is 0 Å². The first-order valence-corrected chi connectivity index (χ1v) is 5.14. The molecule has 1 radical (unpaired) electrons. The molecular weight excluding hydrogens is 176 g/mol. The van der Waals surface area contributed by atoms with E-state index in [0.717, 1.165) is 18.9 Å². The average Bonchev–Trinajstić information content (AvgIpc) is 2.59. The third-order valence-corrected chi connectivity index (χ3v) is 2.96. The van der Waals surface area contributed by atoms with Crippen LogP contribution in [0.15, 0.2) is 18.3 Å². The molecule has 0 aromatic carbocycles. The van der Waals surface area contributed by atoms with Crippen molar-refractivity contribution < 1.29 is 4.74 Å². The zero-order valence-electron chi connectivity index (χ0n) is 8.02. The van der Waals surface area contributed by atoms with Crippen molar-refractivity contribution in [3.63, 3.8) is 0 Å². The van der Waals surface area contributed by atoms with Crippen LogP contribution in [0, 0.1) is 6.07 Å². The van der Waals surface area contributed by atoms with Crippen LogP contribution in [0.5, 0.6) is 0 Å². The molecular formula is C11H13N2O. The highest BCUT2D eigenvalue weighted by atomic mass is 16.5. The molecule has 2 saturated heterocycles. The maximum absolute atomic E-state index is 5.77. The fourth-order valence-electron chi connectivity index (χ4n) is 2.29. The van der Waals surface area contributed by atoms with Crippen molar-refractivity contribution in [3.05, 3.63) is 24.4 Å². The number of aromatic nitrogens is 1. The topological polar surface area (TPSA) is 25.4 Å². The number of hydrogen-bond donors (Lipinski definition) is 0. The third kappa shape index (κ3) is 1.38. The van der Waals surface area contributed by atoms with Crippen molar-refractivity contribution >= 4 is 5.82 Å². The molecule has 0 N–H and O–H groups in total. The normalized spacial score (nSPS) is 30.7. The molecule has 14 heavy (non-hydrogen) atoms. The Morgan fingerprint density at radius 2 is 2.14 bits per heavy atom. The quantitative estimate of drug-likeness (QED) is 0.664. The molecule has 73 valence electrons. The number of nitrogens with zero attached hydrogens (tertiary/aromatic N) is 2. The standard InChI is InChI=1S/C11H13N2O/c1-2-6-12-11(3-1)13-7-9-4-5-10(8-13)14-9/h2-3,6,9-10H,4-5,7-8H2. The molecule has 3 heterocycles. The molecule has 3 nitrogen and oxygen atoms in total. The van der Waals surface area contributed by atoms with Crippen LogP contribution in [-0.2, 0) is 4.74 Å². The van der Waals surface area contributed by atoms with Crippen LogP contribution >= 0.6 is 0 Å². The Hall–Kier alpha value is -1.09. The molecule has 2 unspecified atom stereocenters. The van der Waals surface area contributed by atoms with Gasteiger partial charge < -0.3 is 9.64 Å². The second-order valence-corrected chi connectivity index (χ2v) is 3.98. The summed E-state index contributed by atoms with van der Waals surface area (Å²) in [5.41, 5.74) is 0. The van der Waals surface area contributed by atoms with Gasteiger partial charge in [-0.3, -0.25) is 0 Å². The molecule has 2 aliphatic rings. The Morgan fingerprint density at radius 3 is 2.79 bits per heavy atom. The Labute approximate surface area is 83.7 Å². The summed E-state index contributed by atoms with van der Waals surface area (Å²) in [6.45, 7) is 1.97. The minimum absolute atomic E-state index is 0.427. The zero-order valence-corrected chi connectivity index (χ0v) is 8.02. The first-order valence-electron chi connectivity index (χ1n) is 5.14. The maximum Gasteiger partial charge on any atom is 0.129 e. The van der Waals surface area contributed by atoms with Crippen LogP contribution in [0.4, 0.5) is 5.82 Å². The van der Waals surface area contributed by atoms with Gasteiger partial charge in [0.1, 0.15) is 5.82 Å². The van der Waals surface area contributed by atoms with Crippen LogP contribution in [0.2, 0.25) is 0 Å². The van der Waals surface area contributed by atoms with Crippen molar-refractivity contribution in [2.24, 2.45) is 0 Å². The number of pyridine rings is 1. The predicted molar refractivity (Wildman–Crippen MR) is 53.2 cm³/mol. The van der Waals surface area contributed by atoms with Crippen molar-refractivity contribution in [3.8, 4) is 0 Å². The molecule has 0 spiro atoms. The highest BCUT2D eigenvalue weighted by Crippen LogP contribution is 2.28. The molecule has 0 amide bonds. The molecule has 1 aromatic heterocycles.